The number of rotatable bonds is 6. The van der Waals surface area contributed by atoms with Gasteiger partial charge in [-0.05, 0) is 11.6 Å². The molecule has 0 aliphatic rings. The first-order valence-electron chi connectivity index (χ1n) is 5.82. The molecular formula is C13H17N3OS. The van der Waals surface area contributed by atoms with Crippen LogP contribution in [0.1, 0.15) is 16.6 Å². The van der Waals surface area contributed by atoms with Gasteiger partial charge in [-0.15, -0.1) is 0 Å². The first-order valence-corrected chi connectivity index (χ1v) is 6.33. The lowest BCUT2D eigenvalue weighted by molar-refractivity contribution is 0.211. The van der Waals surface area contributed by atoms with Crippen LogP contribution >= 0.6 is 12.6 Å². The van der Waals surface area contributed by atoms with E-state index in [0.717, 1.165) is 23.6 Å². The second kappa shape index (κ2) is 6.47. The van der Waals surface area contributed by atoms with Crippen LogP contribution < -0.4 is 5.32 Å². The molecule has 0 saturated carbocycles. The number of H-pyrrole nitrogens is 1. The van der Waals surface area contributed by atoms with E-state index in [1.807, 2.05) is 18.2 Å². The van der Waals surface area contributed by atoms with Crippen molar-refractivity contribution in [3.8, 4) is 0 Å². The monoisotopic (exact) mass is 263 g/mol. The number of hydrogen-bond donors (Lipinski definition) is 3. The van der Waals surface area contributed by atoms with Gasteiger partial charge in [0.1, 0.15) is 5.82 Å². The van der Waals surface area contributed by atoms with Crippen LogP contribution in [0.15, 0.2) is 36.7 Å². The summed E-state index contributed by atoms with van der Waals surface area (Å²) in [4.78, 5) is 7.34. The van der Waals surface area contributed by atoms with E-state index in [0.29, 0.717) is 6.61 Å². The molecule has 0 bridgehead atoms. The van der Waals surface area contributed by atoms with E-state index in [1.165, 1.54) is 0 Å². The summed E-state index contributed by atoms with van der Waals surface area (Å²) < 4.78 is 5.04. The molecule has 0 spiro atoms. The molecule has 96 valence electrons. The van der Waals surface area contributed by atoms with Gasteiger partial charge >= 0.3 is 0 Å². The van der Waals surface area contributed by atoms with Crippen LogP contribution in [0.2, 0.25) is 0 Å². The van der Waals surface area contributed by atoms with Gasteiger partial charge in [0, 0.05) is 31.7 Å². The predicted molar refractivity (Wildman–Crippen MR) is 76.2 cm³/mol. The van der Waals surface area contributed by atoms with E-state index in [4.69, 9.17) is 4.74 Å². The Kier molecular flexibility index (Phi) is 4.66. The molecule has 2 aromatic rings. The summed E-state index contributed by atoms with van der Waals surface area (Å²) in [5.41, 5.74) is 2.16. The quantitative estimate of drug-likeness (QED) is 0.554. The predicted octanol–water partition coefficient (Wildman–Crippen LogP) is 2.49. The Morgan fingerprint density at radius 1 is 1.44 bits per heavy atom. The second-order valence-corrected chi connectivity index (χ2v) is 4.40. The van der Waals surface area contributed by atoms with Gasteiger partial charge in [0.25, 0.3) is 0 Å². The highest BCUT2D eigenvalue weighted by atomic mass is 32.1. The average Bonchev–Trinajstić information content (AvgIpc) is 2.93. The van der Waals surface area contributed by atoms with Gasteiger partial charge in [0.2, 0.25) is 0 Å². The van der Waals surface area contributed by atoms with Crippen LogP contribution in [0, 0.1) is 0 Å². The topological polar surface area (TPSA) is 49.9 Å². The fourth-order valence-electron chi connectivity index (χ4n) is 1.76. The zero-order valence-electron chi connectivity index (χ0n) is 10.3. The van der Waals surface area contributed by atoms with Crippen molar-refractivity contribution in [2.24, 2.45) is 0 Å². The van der Waals surface area contributed by atoms with E-state index in [1.54, 1.807) is 19.5 Å². The van der Waals surface area contributed by atoms with E-state index in [-0.39, 0.29) is 5.25 Å². The molecule has 0 aliphatic carbocycles. The lowest BCUT2D eigenvalue weighted by Crippen LogP contribution is -2.10. The molecule has 5 heteroatoms. The molecule has 2 N–H and O–H groups in total. The van der Waals surface area contributed by atoms with Crippen LogP contribution in [0.25, 0.3) is 0 Å². The minimum atomic E-state index is -0.0637. The van der Waals surface area contributed by atoms with Gasteiger partial charge < -0.3 is 15.0 Å². The highest BCUT2D eigenvalue weighted by Crippen LogP contribution is 2.31. The van der Waals surface area contributed by atoms with Crippen LogP contribution in [0.4, 0.5) is 5.69 Å². The number of aromatic amines is 1. The summed E-state index contributed by atoms with van der Waals surface area (Å²) in [7, 11) is 1.69. The molecule has 0 saturated heterocycles. The highest BCUT2D eigenvalue weighted by molar-refractivity contribution is 7.80. The molecule has 4 nitrogen and oxygen atoms in total. The smallest absolute Gasteiger partial charge is 0.123 e. The zero-order chi connectivity index (χ0) is 12.8. The van der Waals surface area contributed by atoms with Gasteiger partial charge in [-0.2, -0.15) is 12.6 Å². The van der Waals surface area contributed by atoms with Gasteiger partial charge in [0.15, 0.2) is 0 Å². The first kappa shape index (κ1) is 13.0. The Morgan fingerprint density at radius 3 is 3.00 bits per heavy atom. The van der Waals surface area contributed by atoms with Crippen molar-refractivity contribution in [2.45, 2.75) is 5.25 Å². The highest BCUT2D eigenvalue weighted by Gasteiger charge is 2.14. The fraction of sp³-hybridized carbons (Fsp3) is 0.308. The zero-order valence-corrected chi connectivity index (χ0v) is 11.2. The molecule has 1 unspecified atom stereocenters. The maximum Gasteiger partial charge on any atom is 0.123 e. The van der Waals surface area contributed by atoms with Crippen molar-refractivity contribution in [1.82, 2.24) is 9.97 Å². The molecule has 0 radical (unpaired) electrons. The SMILES string of the molecule is COCCNc1ccccc1C(S)c1ncc[nH]1. The number of methoxy groups -OCH3 is 1. The minimum Gasteiger partial charge on any atom is -0.383 e. The Bertz CT molecular complexity index is 473. The molecule has 1 atom stereocenters. The van der Waals surface area contributed by atoms with Crippen molar-refractivity contribution in [2.75, 3.05) is 25.6 Å². The third kappa shape index (κ3) is 3.05. The van der Waals surface area contributed by atoms with Gasteiger partial charge in [-0.3, -0.25) is 0 Å². The molecule has 0 aliphatic heterocycles. The molecular weight excluding hydrogens is 246 g/mol. The maximum atomic E-state index is 5.04. The molecule has 1 aromatic carbocycles. The van der Waals surface area contributed by atoms with Gasteiger partial charge in [0.05, 0.1) is 11.9 Å². The number of thiol groups is 1. The Balaban J connectivity index is 2.16. The molecule has 2 rings (SSSR count). The molecule has 1 heterocycles. The number of ether oxygens (including phenoxy) is 1. The largest absolute Gasteiger partial charge is 0.383 e. The normalized spacial score (nSPS) is 12.3. The van der Waals surface area contributed by atoms with Crippen LogP contribution in [0.5, 0.6) is 0 Å². The minimum absolute atomic E-state index is 0.0637. The van der Waals surface area contributed by atoms with Crippen molar-refractivity contribution in [3.05, 3.63) is 48.0 Å². The molecule has 18 heavy (non-hydrogen) atoms. The summed E-state index contributed by atoms with van der Waals surface area (Å²) in [6.07, 6.45) is 3.54. The van der Waals surface area contributed by atoms with E-state index < -0.39 is 0 Å². The molecule has 0 amide bonds. The summed E-state index contributed by atoms with van der Waals surface area (Å²) in [5, 5.41) is 3.28. The van der Waals surface area contributed by atoms with E-state index in [2.05, 4.69) is 34.0 Å². The van der Waals surface area contributed by atoms with Crippen LogP contribution in [0.3, 0.4) is 0 Å². The van der Waals surface area contributed by atoms with Crippen molar-refractivity contribution < 1.29 is 4.74 Å². The summed E-state index contributed by atoms with van der Waals surface area (Å²) in [6, 6.07) is 8.09. The number of nitrogens with zero attached hydrogens (tertiary/aromatic N) is 1. The van der Waals surface area contributed by atoms with Crippen LogP contribution in [-0.4, -0.2) is 30.2 Å². The van der Waals surface area contributed by atoms with Crippen molar-refractivity contribution >= 4 is 18.3 Å². The lowest BCUT2D eigenvalue weighted by Gasteiger charge is -2.15. The number of anilines is 1. The van der Waals surface area contributed by atoms with Gasteiger partial charge in [-0.25, -0.2) is 4.98 Å². The molecule has 1 aromatic heterocycles. The van der Waals surface area contributed by atoms with Gasteiger partial charge in [-0.1, -0.05) is 18.2 Å². The Labute approximate surface area is 112 Å². The number of para-hydroxylation sites is 1. The van der Waals surface area contributed by atoms with Crippen molar-refractivity contribution in [1.29, 1.82) is 0 Å². The number of benzene rings is 1. The second-order valence-electron chi connectivity index (χ2n) is 3.88. The van der Waals surface area contributed by atoms with E-state index in [9.17, 15) is 0 Å². The third-order valence-corrected chi connectivity index (χ3v) is 3.18. The Hall–Kier alpha value is -1.46. The number of imidazole rings is 1. The lowest BCUT2D eigenvalue weighted by atomic mass is 10.1. The summed E-state index contributed by atoms with van der Waals surface area (Å²) >= 11 is 4.62. The number of hydrogen-bond acceptors (Lipinski definition) is 4. The summed E-state index contributed by atoms with van der Waals surface area (Å²) in [5.74, 6) is 0.847. The maximum absolute atomic E-state index is 5.04. The molecule has 0 fully saturated rings. The van der Waals surface area contributed by atoms with Crippen LogP contribution in [-0.2, 0) is 4.74 Å². The Morgan fingerprint density at radius 2 is 2.28 bits per heavy atom. The van der Waals surface area contributed by atoms with E-state index >= 15 is 0 Å². The third-order valence-electron chi connectivity index (χ3n) is 2.66. The number of nitrogens with one attached hydrogen (secondary N) is 2. The van der Waals surface area contributed by atoms with Crippen molar-refractivity contribution in [3.63, 3.8) is 0 Å². The number of aromatic nitrogens is 2. The summed E-state index contributed by atoms with van der Waals surface area (Å²) in [6.45, 7) is 1.44. The first-order chi connectivity index (χ1) is 8.83. The standard InChI is InChI=1S/C13H17N3OS/c1-17-9-8-14-11-5-3-2-4-10(11)12(18)13-15-6-7-16-13/h2-7,12,14,18H,8-9H2,1H3,(H,15,16). The average molecular weight is 263 g/mol. The fourth-order valence-corrected chi connectivity index (χ4v) is 2.12.